The molecule has 1 aliphatic carbocycles. The molecule has 0 spiro atoms. The molecule has 1 amide bonds. The Bertz CT molecular complexity index is 785. The number of aryl methyl sites for hydroxylation is 1. The lowest BCUT2D eigenvalue weighted by Crippen LogP contribution is -2.32. The number of nitrogens with zero attached hydrogens (tertiary/aromatic N) is 3. The van der Waals surface area contributed by atoms with Crippen molar-refractivity contribution in [1.82, 2.24) is 15.1 Å². The van der Waals surface area contributed by atoms with E-state index in [2.05, 4.69) is 16.5 Å². The summed E-state index contributed by atoms with van der Waals surface area (Å²) < 4.78 is 1.61. The first-order valence-corrected chi connectivity index (χ1v) is 9.31. The molecule has 1 heterocycles. The van der Waals surface area contributed by atoms with Crippen LogP contribution in [0, 0.1) is 17.2 Å². The number of hydrogen-bond acceptors (Lipinski definition) is 4. The highest BCUT2D eigenvalue weighted by molar-refractivity contribution is 5.78. The summed E-state index contributed by atoms with van der Waals surface area (Å²) in [5.74, 6) is 0.700. The summed E-state index contributed by atoms with van der Waals surface area (Å²) in [6.45, 7) is 0.596. The van der Waals surface area contributed by atoms with E-state index in [0.29, 0.717) is 30.0 Å². The molecule has 0 aliphatic heterocycles. The Balaban J connectivity index is 1.58. The lowest BCUT2D eigenvalue weighted by molar-refractivity contribution is -0.125. The van der Waals surface area contributed by atoms with Gasteiger partial charge in [0.25, 0.3) is 0 Å². The second kappa shape index (κ2) is 8.52. The summed E-state index contributed by atoms with van der Waals surface area (Å²) in [6.07, 6.45) is 6.90. The molecule has 1 aliphatic rings. The smallest absolute Gasteiger partial charge is 0.223 e. The second-order valence-corrected chi connectivity index (χ2v) is 6.80. The van der Waals surface area contributed by atoms with Crippen molar-refractivity contribution in [1.29, 1.82) is 5.26 Å². The van der Waals surface area contributed by atoms with E-state index < -0.39 is 0 Å². The molecule has 6 heteroatoms. The first kappa shape index (κ1) is 18.0. The van der Waals surface area contributed by atoms with Crippen LogP contribution in [0.2, 0.25) is 0 Å². The summed E-state index contributed by atoms with van der Waals surface area (Å²) in [4.78, 5) is 12.2. The number of nitrogens with one attached hydrogen (secondary N) is 1. The van der Waals surface area contributed by atoms with Crippen LogP contribution < -0.4 is 11.1 Å². The second-order valence-electron chi connectivity index (χ2n) is 6.80. The van der Waals surface area contributed by atoms with Gasteiger partial charge in [-0.15, -0.1) is 0 Å². The Morgan fingerprint density at radius 1 is 1.27 bits per heavy atom. The quantitative estimate of drug-likeness (QED) is 0.782. The maximum atomic E-state index is 12.2. The molecule has 1 fully saturated rings. The number of nitrogen functional groups attached to an aromatic ring is 1. The highest BCUT2D eigenvalue weighted by Crippen LogP contribution is 2.24. The van der Waals surface area contributed by atoms with Crippen LogP contribution in [0.5, 0.6) is 0 Å². The zero-order valence-corrected chi connectivity index (χ0v) is 14.9. The molecule has 3 N–H and O–H groups in total. The lowest BCUT2D eigenvalue weighted by atomic mass is 9.88. The standard InChI is InChI=1S/C20H25N5O/c21-14-17-18(24-25(19(17)22)16-10-5-2-6-11-16)12-7-13-23-20(26)15-8-3-1-4-9-15/h2,5-6,10-11,15H,1,3-4,7-9,12-13,22H2,(H,23,26). The third-order valence-corrected chi connectivity index (χ3v) is 4.97. The van der Waals surface area contributed by atoms with Crippen LogP contribution in [-0.2, 0) is 11.2 Å². The molecule has 0 bridgehead atoms. The van der Waals surface area contributed by atoms with Crippen molar-refractivity contribution in [3.63, 3.8) is 0 Å². The van der Waals surface area contributed by atoms with E-state index in [0.717, 1.165) is 37.8 Å². The van der Waals surface area contributed by atoms with Crippen LogP contribution in [0.1, 0.15) is 49.8 Å². The van der Waals surface area contributed by atoms with Crippen molar-refractivity contribution >= 4 is 11.7 Å². The minimum atomic E-state index is 0.166. The van der Waals surface area contributed by atoms with Crippen molar-refractivity contribution in [3.05, 3.63) is 41.6 Å². The molecule has 0 saturated heterocycles. The van der Waals surface area contributed by atoms with Crippen LogP contribution in [-0.4, -0.2) is 22.2 Å². The third-order valence-electron chi connectivity index (χ3n) is 4.97. The molecular formula is C20H25N5O. The van der Waals surface area contributed by atoms with Crippen molar-refractivity contribution in [2.24, 2.45) is 5.92 Å². The minimum absolute atomic E-state index is 0.166. The number of carbonyl (C=O) groups excluding carboxylic acids is 1. The van der Waals surface area contributed by atoms with Gasteiger partial charge in [0.05, 0.1) is 11.4 Å². The number of nitrogens with two attached hydrogens (primary N) is 1. The summed E-state index contributed by atoms with van der Waals surface area (Å²) in [6, 6.07) is 11.7. The molecule has 1 aromatic heterocycles. The number of para-hydroxylation sites is 1. The average molecular weight is 351 g/mol. The van der Waals surface area contributed by atoms with Gasteiger partial charge in [0.1, 0.15) is 17.5 Å². The van der Waals surface area contributed by atoms with Crippen molar-refractivity contribution < 1.29 is 4.79 Å². The van der Waals surface area contributed by atoms with Crippen molar-refractivity contribution in [2.45, 2.75) is 44.9 Å². The van der Waals surface area contributed by atoms with Gasteiger partial charge in [0, 0.05) is 12.5 Å². The number of anilines is 1. The molecule has 1 aromatic carbocycles. The fourth-order valence-electron chi connectivity index (χ4n) is 3.52. The predicted octanol–water partition coefficient (Wildman–Crippen LogP) is 2.96. The van der Waals surface area contributed by atoms with E-state index in [-0.39, 0.29) is 11.8 Å². The Labute approximate surface area is 154 Å². The Morgan fingerprint density at radius 3 is 2.69 bits per heavy atom. The summed E-state index contributed by atoms with van der Waals surface area (Å²) in [5, 5.41) is 17.0. The molecule has 3 rings (SSSR count). The minimum Gasteiger partial charge on any atom is -0.382 e. The van der Waals surface area contributed by atoms with Gasteiger partial charge in [-0.1, -0.05) is 37.5 Å². The van der Waals surface area contributed by atoms with Crippen LogP contribution in [0.25, 0.3) is 5.69 Å². The monoisotopic (exact) mass is 351 g/mol. The summed E-state index contributed by atoms with van der Waals surface area (Å²) in [5.41, 5.74) is 8.04. The van der Waals surface area contributed by atoms with E-state index in [1.165, 1.54) is 6.42 Å². The predicted molar refractivity (Wildman–Crippen MR) is 101 cm³/mol. The Kier molecular flexibility index (Phi) is 5.90. The van der Waals surface area contributed by atoms with Crippen LogP contribution in [0.3, 0.4) is 0 Å². The topological polar surface area (TPSA) is 96.7 Å². The molecule has 1 saturated carbocycles. The molecule has 0 radical (unpaired) electrons. The highest BCUT2D eigenvalue weighted by atomic mass is 16.1. The molecule has 0 atom stereocenters. The van der Waals surface area contributed by atoms with Crippen LogP contribution in [0.15, 0.2) is 30.3 Å². The van der Waals surface area contributed by atoms with Gasteiger partial charge in [0.15, 0.2) is 0 Å². The number of carbonyl (C=O) groups is 1. The van der Waals surface area contributed by atoms with E-state index in [4.69, 9.17) is 5.73 Å². The molecule has 2 aromatic rings. The maximum absolute atomic E-state index is 12.2. The van der Waals surface area contributed by atoms with Gasteiger partial charge in [-0.25, -0.2) is 4.68 Å². The van der Waals surface area contributed by atoms with Gasteiger partial charge in [-0.3, -0.25) is 4.79 Å². The van der Waals surface area contributed by atoms with E-state index in [9.17, 15) is 10.1 Å². The largest absolute Gasteiger partial charge is 0.382 e. The van der Waals surface area contributed by atoms with Gasteiger partial charge in [0.2, 0.25) is 5.91 Å². The highest BCUT2D eigenvalue weighted by Gasteiger charge is 2.21. The zero-order chi connectivity index (χ0) is 18.4. The number of nitriles is 1. The maximum Gasteiger partial charge on any atom is 0.223 e. The SMILES string of the molecule is N#Cc1c(CCCNC(=O)C2CCCCC2)nn(-c2ccccc2)c1N. The number of rotatable bonds is 6. The zero-order valence-electron chi connectivity index (χ0n) is 14.9. The fourth-order valence-corrected chi connectivity index (χ4v) is 3.52. The van der Waals surface area contributed by atoms with Gasteiger partial charge < -0.3 is 11.1 Å². The van der Waals surface area contributed by atoms with Crippen LogP contribution in [0.4, 0.5) is 5.82 Å². The Hall–Kier alpha value is -2.81. The Morgan fingerprint density at radius 2 is 2.00 bits per heavy atom. The van der Waals surface area contributed by atoms with Crippen LogP contribution >= 0.6 is 0 Å². The first-order valence-electron chi connectivity index (χ1n) is 9.31. The summed E-state index contributed by atoms with van der Waals surface area (Å²) >= 11 is 0. The molecule has 26 heavy (non-hydrogen) atoms. The molecule has 136 valence electrons. The number of benzene rings is 1. The number of hydrogen-bond donors (Lipinski definition) is 2. The fraction of sp³-hybridized carbons (Fsp3) is 0.450. The summed E-state index contributed by atoms with van der Waals surface area (Å²) in [7, 11) is 0. The number of aromatic nitrogens is 2. The van der Waals surface area contributed by atoms with E-state index >= 15 is 0 Å². The third kappa shape index (κ3) is 4.05. The van der Waals surface area contributed by atoms with E-state index in [1.807, 2.05) is 30.3 Å². The normalized spacial score (nSPS) is 14.7. The van der Waals surface area contributed by atoms with E-state index in [1.54, 1.807) is 4.68 Å². The molecule has 6 nitrogen and oxygen atoms in total. The van der Waals surface area contributed by atoms with Gasteiger partial charge in [-0.2, -0.15) is 10.4 Å². The van der Waals surface area contributed by atoms with Crippen molar-refractivity contribution in [3.8, 4) is 11.8 Å². The average Bonchev–Trinajstić information content (AvgIpc) is 3.01. The first-order chi connectivity index (χ1) is 12.7. The van der Waals surface area contributed by atoms with Gasteiger partial charge in [-0.05, 0) is 37.8 Å². The lowest BCUT2D eigenvalue weighted by Gasteiger charge is -2.20. The van der Waals surface area contributed by atoms with Gasteiger partial charge >= 0.3 is 0 Å². The number of amides is 1. The molecular weight excluding hydrogens is 326 g/mol. The molecule has 0 unspecified atom stereocenters. The van der Waals surface area contributed by atoms with Crippen molar-refractivity contribution in [2.75, 3.05) is 12.3 Å².